The summed E-state index contributed by atoms with van der Waals surface area (Å²) >= 11 is 0. The minimum Gasteiger partial charge on any atom is -0.459 e. The van der Waals surface area contributed by atoms with E-state index in [9.17, 15) is 9.59 Å². The molecule has 0 saturated carbocycles. The lowest BCUT2D eigenvalue weighted by atomic mass is 10.1. The van der Waals surface area contributed by atoms with Gasteiger partial charge in [-0.1, -0.05) is 18.9 Å². The molecule has 4 nitrogen and oxygen atoms in total. The first-order chi connectivity index (χ1) is 9.08. The second-order valence-corrected chi connectivity index (χ2v) is 4.09. The molecule has 0 bridgehead atoms. The van der Waals surface area contributed by atoms with Gasteiger partial charge in [-0.3, -0.25) is 4.79 Å². The minimum atomic E-state index is -0.430. The van der Waals surface area contributed by atoms with E-state index in [1.807, 2.05) is 13.8 Å². The first kappa shape index (κ1) is 14.8. The third-order valence-electron chi connectivity index (χ3n) is 2.59. The van der Waals surface area contributed by atoms with Crippen molar-refractivity contribution < 1.29 is 14.3 Å². The number of nitrogens with one attached hydrogen (secondary N) is 1. The van der Waals surface area contributed by atoms with Crippen LogP contribution in [0.1, 0.15) is 41.0 Å². The van der Waals surface area contributed by atoms with Crippen molar-refractivity contribution in [2.75, 3.05) is 6.54 Å². The number of ether oxygens (including phenoxy) is 1. The summed E-state index contributed by atoms with van der Waals surface area (Å²) in [6.07, 6.45) is 5.66. The van der Waals surface area contributed by atoms with Gasteiger partial charge in [-0.2, -0.15) is 0 Å². The van der Waals surface area contributed by atoms with Crippen molar-refractivity contribution in [3.8, 4) is 12.3 Å². The fraction of sp³-hybridized carbons (Fsp3) is 0.333. The van der Waals surface area contributed by atoms with Gasteiger partial charge in [-0.15, -0.1) is 6.42 Å². The highest BCUT2D eigenvalue weighted by Gasteiger charge is 2.13. The van der Waals surface area contributed by atoms with E-state index in [1.165, 1.54) is 6.07 Å². The molecule has 0 aliphatic carbocycles. The highest BCUT2D eigenvalue weighted by Crippen LogP contribution is 2.09. The number of terminal acetylenes is 1. The maximum absolute atomic E-state index is 11.8. The zero-order valence-electron chi connectivity index (χ0n) is 11.1. The number of rotatable bonds is 5. The van der Waals surface area contributed by atoms with Crippen LogP contribution in [-0.4, -0.2) is 24.5 Å². The van der Waals surface area contributed by atoms with Crippen molar-refractivity contribution in [3.05, 3.63) is 35.4 Å². The molecule has 1 aromatic carbocycles. The van der Waals surface area contributed by atoms with Gasteiger partial charge in [0, 0.05) is 5.56 Å². The van der Waals surface area contributed by atoms with Gasteiger partial charge in [0.25, 0.3) is 5.91 Å². The monoisotopic (exact) mass is 259 g/mol. The third-order valence-corrected chi connectivity index (χ3v) is 2.59. The van der Waals surface area contributed by atoms with E-state index in [1.54, 1.807) is 18.2 Å². The van der Waals surface area contributed by atoms with Crippen molar-refractivity contribution in [1.29, 1.82) is 0 Å². The Bertz CT molecular complexity index is 502. The molecule has 0 aliphatic heterocycles. The Morgan fingerprint density at radius 3 is 2.74 bits per heavy atom. The van der Waals surface area contributed by atoms with E-state index in [0.717, 1.165) is 6.42 Å². The van der Waals surface area contributed by atoms with Gasteiger partial charge < -0.3 is 10.1 Å². The predicted molar refractivity (Wildman–Crippen MR) is 72.8 cm³/mol. The zero-order valence-corrected chi connectivity index (χ0v) is 11.1. The topological polar surface area (TPSA) is 55.4 Å². The Morgan fingerprint density at radius 1 is 1.42 bits per heavy atom. The van der Waals surface area contributed by atoms with Crippen molar-refractivity contribution in [1.82, 2.24) is 5.32 Å². The van der Waals surface area contributed by atoms with Crippen LogP contribution >= 0.6 is 0 Å². The highest BCUT2D eigenvalue weighted by atomic mass is 16.5. The summed E-state index contributed by atoms with van der Waals surface area (Å²) in [5, 5.41) is 2.54. The van der Waals surface area contributed by atoms with Gasteiger partial charge in [0.1, 0.15) is 0 Å². The summed E-state index contributed by atoms with van der Waals surface area (Å²) in [4.78, 5) is 23.5. The van der Waals surface area contributed by atoms with Crippen LogP contribution in [0.25, 0.3) is 0 Å². The van der Waals surface area contributed by atoms with E-state index in [-0.39, 0.29) is 18.6 Å². The summed E-state index contributed by atoms with van der Waals surface area (Å²) in [6.45, 7) is 3.91. The molecule has 1 rings (SSSR count). The van der Waals surface area contributed by atoms with Crippen LogP contribution in [0.2, 0.25) is 0 Å². The first-order valence-corrected chi connectivity index (χ1v) is 6.11. The molecule has 19 heavy (non-hydrogen) atoms. The van der Waals surface area contributed by atoms with E-state index in [4.69, 9.17) is 11.2 Å². The lowest BCUT2D eigenvalue weighted by Gasteiger charge is -2.11. The second-order valence-electron chi connectivity index (χ2n) is 4.09. The van der Waals surface area contributed by atoms with Crippen LogP contribution in [-0.2, 0) is 4.74 Å². The van der Waals surface area contributed by atoms with Crippen molar-refractivity contribution in [3.63, 3.8) is 0 Å². The van der Waals surface area contributed by atoms with E-state index in [0.29, 0.717) is 11.1 Å². The van der Waals surface area contributed by atoms with Gasteiger partial charge in [0.15, 0.2) is 0 Å². The molecule has 0 aliphatic rings. The fourth-order valence-corrected chi connectivity index (χ4v) is 1.35. The van der Waals surface area contributed by atoms with Crippen LogP contribution in [0.5, 0.6) is 0 Å². The Kier molecular flexibility index (Phi) is 5.62. The number of hydrogen-bond donors (Lipinski definition) is 1. The Balaban J connectivity index is 2.79. The molecule has 0 fully saturated rings. The smallest absolute Gasteiger partial charge is 0.338 e. The Labute approximate surface area is 113 Å². The minimum absolute atomic E-state index is 0.147. The molecule has 0 aromatic heterocycles. The van der Waals surface area contributed by atoms with Crippen LogP contribution < -0.4 is 5.32 Å². The number of amides is 1. The summed E-state index contributed by atoms with van der Waals surface area (Å²) in [7, 11) is 0. The molecular weight excluding hydrogens is 242 g/mol. The van der Waals surface area contributed by atoms with Gasteiger partial charge >= 0.3 is 5.97 Å². The molecule has 4 heteroatoms. The molecule has 1 atom stereocenters. The van der Waals surface area contributed by atoms with Crippen LogP contribution in [0.4, 0.5) is 0 Å². The zero-order chi connectivity index (χ0) is 14.3. The molecule has 1 N–H and O–H groups in total. The summed E-state index contributed by atoms with van der Waals surface area (Å²) in [6, 6.07) is 6.36. The highest BCUT2D eigenvalue weighted by molar-refractivity contribution is 5.98. The predicted octanol–water partition coefficient (Wildman–Crippen LogP) is 2.00. The van der Waals surface area contributed by atoms with Gasteiger partial charge in [0.2, 0.25) is 0 Å². The molecule has 0 unspecified atom stereocenters. The van der Waals surface area contributed by atoms with E-state index < -0.39 is 5.97 Å². The van der Waals surface area contributed by atoms with Gasteiger partial charge in [-0.05, 0) is 31.5 Å². The van der Waals surface area contributed by atoms with Crippen molar-refractivity contribution in [2.24, 2.45) is 0 Å². The molecule has 0 spiro atoms. The number of benzene rings is 1. The van der Waals surface area contributed by atoms with Gasteiger partial charge in [0.05, 0.1) is 18.2 Å². The summed E-state index contributed by atoms with van der Waals surface area (Å²) in [5.41, 5.74) is 0.738. The molecular formula is C15H17NO3. The third kappa shape index (κ3) is 4.47. The normalized spacial score (nSPS) is 11.2. The maximum Gasteiger partial charge on any atom is 0.338 e. The van der Waals surface area contributed by atoms with Crippen LogP contribution in [0, 0.1) is 12.3 Å². The number of esters is 1. The quantitative estimate of drug-likeness (QED) is 0.650. The number of carbonyl (C=O) groups is 2. The number of carbonyl (C=O) groups excluding carboxylic acids is 2. The lowest BCUT2D eigenvalue weighted by molar-refractivity contribution is 0.0334. The fourth-order valence-electron chi connectivity index (χ4n) is 1.35. The van der Waals surface area contributed by atoms with Crippen molar-refractivity contribution >= 4 is 11.9 Å². The number of hydrogen-bond acceptors (Lipinski definition) is 3. The summed E-state index contributed by atoms with van der Waals surface area (Å²) in [5.74, 6) is 1.58. The first-order valence-electron chi connectivity index (χ1n) is 6.11. The molecule has 0 saturated heterocycles. The van der Waals surface area contributed by atoms with E-state index in [2.05, 4.69) is 11.2 Å². The molecule has 1 aromatic rings. The molecule has 0 radical (unpaired) electrons. The van der Waals surface area contributed by atoms with Crippen LogP contribution in [0.3, 0.4) is 0 Å². The van der Waals surface area contributed by atoms with Crippen molar-refractivity contribution in [2.45, 2.75) is 26.4 Å². The average Bonchev–Trinajstić information content (AvgIpc) is 2.44. The molecule has 100 valence electrons. The average molecular weight is 259 g/mol. The molecule has 0 heterocycles. The Hall–Kier alpha value is -2.28. The lowest BCUT2D eigenvalue weighted by Crippen LogP contribution is -2.24. The van der Waals surface area contributed by atoms with Gasteiger partial charge in [-0.25, -0.2) is 4.79 Å². The Morgan fingerprint density at radius 2 is 2.11 bits per heavy atom. The largest absolute Gasteiger partial charge is 0.459 e. The second kappa shape index (κ2) is 7.22. The van der Waals surface area contributed by atoms with Crippen LogP contribution in [0.15, 0.2) is 24.3 Å². The maximum atomic E-state index is 11.8. The summed E-state index contributed by atoms with van der Waals surface area (Å²) < 4.78 is 5.20. The standard InChI is InChI=1S/C15H17NO3/c1-4-9-16-14(17)12-7-6-8-13(10-12)15(18)19-11(3)5-2/h1,6-8,10-11H,5,9H2,2-3H3,(H,16,17)/t11-/m0/s1. The SMILES string of the molecule is C#CCNC(=O)c1cccc(C(=O)O[C@@H](C)CC)c1. The van der Waals surface area contributed by atoms with E-state index >= 15 is 0 Å². The molecule has 1 amide bonds.